The molecule has 56 valence electrons. The van der Waals surface area contributed by atoms with Crippen LogP contribution >= 0.6 is 0 Å². The molecule has 0 radical (unpaired) electrons. The second kappa shape index (κ2) is 4.29. The van der Waals surface area contributed by atoms with Gasteiger partial charge in [-0.25, -0.2) is 6.57 Å². The summed E-state index contributed by atoms with van der Waals surface area (Å²) in [5.74, 6) is 0.669. The fraction of sp³-hybridized carbons (Fsp3) is 0.875. The normalized spacial score (nSPS) is 25.7. The molecule has 1 aliphatic rings. The molecule has 1 heterocycles. The van der Waals surface area contributed by atoms with Crippen molar-refractivity contribution in [2.24, 2.45) is 5.92 Å². The molecule has 2 nitrogen and oxygen atoms in total. The summed E-state index contributed by atoms with van der Waals surface area (Å²) in [7, 11) is 0. The lowest BCUT2D eigenvalue weighted by Gasteiger charge is -2.19. The second-order valence-corrected chi connectivity index (χ2v) is 2.75. The van der Waals surface area contributed by atoms with Crippen molar-refractivity contribution in [1.29, 1.82) is 0 Å². The van der Waals surface area contributed by atoms with Crippen molar-refractivity contribution in [3.63, 3.8) is 0 Å². The average Bonchev–Trinajstić information content (AvgIpc) is 2.03. The van der Waals surface area contributed by atoms with Gasteiger partial charge in [-0.1, -0.05) is 0 Å². The number of nitrogens with zero attached hydrogens (tertiary/aromatic N) is 1. The summed E-state index contributed by atoms with van der Waals surface area (Å²) in [5.41, 5.74) is 0. The van der Waals surface area contributed by atoms with Crippen molar-refractivity contribution in [2.75, 3.05) is 19.8 Å². The van der Waals surface area contributed by atoms with Crippen LogP contribution in [0.1, 0.15) is 19.3 Å². The van der Waals surface area contributed by atoms with E-state index in [4.69, 9.17) is 11.3 Å². The van der Waals surface area contributed by atoms with E-state index < -0.39 is 0 Å². The Hall–Kier alpha value is -0.550. The molecule has 0 aliphatic carbocycles. The van der Waals surface area contributed by atoms with Crippen LogP contribution in [-0.2, 0) is 4.74 Å². The van der Waals surface area contributed by atoms with Crippen molar-refractivity contribution < 1.29 is 4.74 Å². The summed E-state index contributed by atoms with van der Waals surface area (Å²) in [5, 5.41) is 0. The molecule has 0 aromatic heterocycles. The van der Waals surface area contributed by atoms with Crippen molar-refractivity contribution in [1.82, 2.24) is 0 Å². The highest BCUT2D eigenvalue weighted by Gasteiger charge is 2.13. The highest BCUT2D eigenvalue weighted by atomic mass is 16.5. The maximum absolute atomic E-state index is 6.61. The zero-order valence-electron chi connectivity index (χ0n) is 6.18. The summed E-state index contributed by atoms with van der Waals surface area (Å²) in [6, 6.07) is 0. The molecule has 0 saturated carbocycles. The van der Waals surface area contributed by atoms with Gasteiger partial charge in [-0.15, -0.1) is 0 Å². The Labute approximate surface area is 62.0 Å². The third-order valence-corrected chi connectivity index (χ3v) is 1.90. The van der Waals surface area contributed by atoms with Gasteiger partial charge < -0.3 is 9.58 Å². The first-order chi connectivity index (χ1) is 4.93. The highest BCUT2D eigenvalue weighted by molar-refractivity contribution is 4.68. The fourth-order valence-corrected chi connectivity index (χ4v) is 1.28. The molecule has 2 heteroatoms. The molecule has 0 bridgehead atoms. The maximum atomic E-state index is 6.61. The largest absolute Gasteiger partial charge is 0.381 e. The number of hydrogen-bond donors (Lipinski definition) is 0. The van der Waals surface area contributed by atoms with Gasteiger partial charge >= 0.3 is 0 Å². The van der Waals surface area contributed by atoms with E-state index in [1.807, 2.05) is 0 Å². The first kappa shape index (κ1) is 7.56. The molecule has 1 aliphatic heterocycles. The van der Waals surface area contributed by atoms with E-state index in [-0.39, 0.29) is 0 Å². The zero-order chi connectivity index (χ0) is 7.23. The van der Waals surface area contributed by atoms with Gasteiger partial charge in [-0.3, -0.25) is 0 Å². The Bertz CT molecular complexity index is 122. The molecule has 1 atom stereocenters. The van der Waals surface area contributed by atoms with E-state index in [1.54, 1.807) is 0 Å². The molecule has 1 fully saturated rings. The predicted molar refractivity (Wildman–Crippen MR) is 39.6 cm³/mol. The van der Waals surface area contributed by atoms with Gasteiger partial charge in [0.2, 0.25) is 6.54 Å². The highest BCUT2D eigenvalue weighted by Crippen LogP contribution is 2.16. The average molecular weight is 139 g/mol. The molecule has 0 aromatic carbocycles. The monoisotopic (exact) mass is 139 g/mol. The third kappa shape index (κ3) is 2.36. The van der Waals surface area contributed by atoms with Crippen LogP contribution in [0.25, 0.3) is 4.85 Å². The summed E-state index contributed by atoms with van der Waals surface area (Å²) in [6.45, 7) is 9.09. The quantitative estimate of drug-likeness (QED) is 0.531. The van der Waals surface area contributed by atoms with Crippen LogP contribution in [0.15, 0.2) is 0 Å². The number of rotatable bonds is 2. The van der Waals surface area contributed by atoms with Crippen molar-refractivity contribution in [3.8, 4) is 0 Å². The van der Waals surface area contributed by atoms with E-state index in [2.05, 4.69) is 4.85 Å². The van der Waals surface area contributed by atoms with Crippen LogP contribution in [0.2, 0.25) is 0 Å². The molecule has 10 heavy (non-hydrogen) atoms. The minimum atomic E-state index is 0.669. The van der Waals surface area contributed by atoms with Crippen LogP contribution < -0.4 is 0 Å². The van der Waals surface area contributed by atoms with Gasteiger partial charge in [-0.05, 0) is 18.8 Å². The molecule has 0 spiro atoms. The standard InChI is InChI=1S/C8H13NO/c1-9-5-4-8-3-2-6-10-7-8/h8H,2-7H2. The Balaban J connectivity index is 2.09. The molecular formula is C8H13NO. The smallest absolute Gasteiger partial charge is 0.215 e. The van der Waals surface area contributed by atoms with E-state index in [1.165, 1.54) is 12.8 Å². The third-order valence-electron chi connectivity index (χ3n) is 1.90. The van der Waals surface area contributed by atoms with Gasteiger partial charge in [0.05, 0.1) is 0 Å². The van der Waals surface area contributed by atoms with Gasteiger partial charge in [0.15, 0.2) is 0 Å². The Morgan fingerprint density at radius 1 is 1.60 bits per heavy atom. The van der Waals surface area contributed by atoms with Crippen LogP contribution in [0.5, 0.6) is 0 Å². The first-order valence-corrected chi connectivity index (χ1v) is 3.84. The molecule has 1 rings (SSSR count). The Morgan fingerprint density at radius 2 is 2.50 bits per heavy atom. The SMILES string of the molecule is [C-]#[N+]CCC1CCCOC1. The molecule has 0 amide bonds. The summed E-state index contributed by atoms with van der Waals surface area (Å²) >= 11 is 0. The molecule has 1 saturated heterocycles. The van der Waals surface area contributed by atoms with Gasteiger partial charge in [0.25, 0.3) is 0 Å². The van der Waals surface area contributed by atoms with Gasteiger partial charge in [0.1, 0.15) is 0 Å². The van der Waals surface area contributed by atoms with Gasteiger partial charge in [0, 0.05) is 19.6 Å². The van der Waals surface area contributed by atoms with Gasteiger partial charge in [-0.2, -0.15) is 0 Å². The van der Waals surface area contributed by atoms with Crippen molar-refractivity contribution >= 4 is 0 Å². The maximum Gasteiger partial charge on any atom is 0.215 e. The minimum absolute atomic E-state index is 0.669. The van der Waals surface area contributed by atoms with Crippen LogP contribution in [0, 0.1) is 12.5 Å². The van der Waals surface area contributed by atoms with Crippen molar-refractivity contribution in [2.45, 2.75) is 19.3 Å². The molecule has 1 unspecified atom stereocenters. The lowest BCUT2D eigenvalue weighted by molar-refractivity contribution is 0.0533. The molecular weight excluding hydrogens is 126 g/mol. The lowest BCUT2D eigenvalue weighted by atomic mass is 9.99. The second-order valence-electron chi connectivity index (χ2n) is 2.75. The molecule has 0 N–H and O–H groups in total. The van der Waals surface area contributed by atoms with Crippen LogP contribution in [-0.4, -0.2) is 19.8 Å². The lowest BCUT2D eigenvalue weighted by Crippen LogP contribution is -2.17. The minimum Gasteiger partial charge on any atom is -0.381 e. The van der Waals surface area contributed by atoms with E-state index in [0.717, 1.165) is 19.6 Å². The topological polar surface area (TPSA) is 13.6 Å². The predicted octanol–water partition coefficient (Wildman–Crippen LogP) is 1.72. The summed E-state index contributed by atoms with van der Waals surface area (Å²) < 4.78 is 5.28. The Kier molecular flexibility index (Phi) is 3.25. The fourth-order valence-electron chi connectivity index (χ4n) is 1.28. The van der Waals surface area contributed by atoms with Crippen molar-refractivity contribution in [3.05, 3.63) is 11.4 Å². The van der Waals surface area contributed by atoms with E-state index >= 15 is 0 Å². The molecule has 0 aromatic rings. The number of ether oxygens (including phenoxy) is 1. The van der Waals surface area contributed by atoms with E-state index in [9.17, 15) is 0 Å². The van der Waals surface area contributed by atoms with Crippen LogP contribution in [0.4, 0.5) is 0 Å². The van der Waals surface area contributed by atoms with E-state index in [0.29, 0.717) is 12.5 Å². The summed E-state index contributed by atoms with van der Waals surface area (Å²) in [6.07, 6.45) is 3.47. The zero-order valence-corrected chi connectivity index (χ0v) is 6.18. The number of hydrogen-bond acceptors (Lipinski definition) is 1. The summed E-state index contributed by atoms with van der Waals surface area (Å²) in [4.78, 5) is 3.32. The van der Waals surface area contributed by atoms with Crippen LogP contribution in [0.3, 0.4) is 0 Å². The first-order valence-electron chi connectivity index (χ1n) is 3.84. The Morgan fingerprint density at radius 3 is 3.10 bits per heavy atom.